The minimum absolute atomic E-state index is 0.0234. The fourth-order valence-corrected chi connectivity index (χ4v) is 4.07. The molecule has 0 saturated carbocycles. The molecule has 1 aliphatic heterocycles. The fraction of sp³-hybridized carbons (Fsp3) is 0.238. The van der Waals surface area contributed by atoms with Crippen LogP contribution in [-0.4, -0.2) is 46.9 Å². The van der Waals surface area contributed by atoms with Crippen molar-refractivity contribution in [3.8, 4) is 11.3 Å². The lowest BCUT2D eigenvalue weighted by molar-refractivity contribution is -0.127. The van der Waals surface area contributed by atoms with E-state index in [4.69, 9.17) is 21.0 Å². The number of rotatable bonds is 5. The molecule has 1 aromatic carbocycles. The lowest BCUT2D eigenvalue weighted by Gasteiger charge is -2.33. The Morgan fingerprint density at radius 2 is 1.96 bits per heavy atom. The van der Waals surface area contributed by atoms with E-state index in [-0.39, 0.29) is 5.91 Å². The summed E-state index contributed by atoms with van der Waals surface area (Å²) in [6.45, 7) is 3.93. The van der Waals surface area contributed by atoms with Crippen molar-refractivity contribution in [2.24, 2.45) is 0 Å². The van der Waals surface area contributed by atoms with Crippen LogP contribution in [0.25, 0.3) is 17.3 Å². The predicted octanol–water partition coefficient (Wildman–Crippen LogP) is 4.41. The third-order valence-electron chi connectivity index (χ3n) is 4.67. The number of benzene rings is 1. The molecule has 0 aliphatic carbocycles. The summed E-state index contributed by atoms with van der Waals surface area (Å²) < 4.78 is 5.22. The Hall–Kier alpha value is -2.41. The van der Waals surface area contributed by atoms with Crippen molar-refractivity contribution in [1.29, 1.82) is 0 Å². The molecule has 7 heteroatoms. The lowest BCUT2D eigenvalue weighted by atomic mass is 10.2. The largest absolute Gasteiger partial charge is 0.465 e. The van der Waals surface area contributed by atoms with Crippen molar-refractivity contribution in [2.45, 2.75) is 6.54 Å². The van der Waals surface area contributed by atoms with Gasteiger partial charge < -0.3 is 9.32 Å². The normalized spacial score (nSPS) is 15.4. The standard InChI is InChI=1S/C21H20ClN3O2S/c22-17-5-3-16(4-6-17)19-15-28-20(23-19)14-24-9-11-25(12-10-24)21(26)8-7-18-2-1-13-27-18/h1-8,13,15H,9-12,14H2/b8-7+. The summed E-state index contributed by atoms with van der Waals surface area (Å²) in [5.74, 6) is 0.711. The van der Waals surface area contributed by atoms with E-state index in [0.717, 1.165) is 54.0 Å². The van der Waals surface area contributed by atoms with Gasteiger partial charge in [-0.25, -0.2) is 4.98 Å². The molecular weight excluding hydrogens is 394 g/mol. The highest BCUT2D eigenvalue weighted by Gasteiger charge is 2.20. The molecule has 144 valence electrons. The zero-order valence-electron chi connectivity index (χ0n) is 15.3. The second kappa shape index (κ2) is 8.73. The summed E-state index contributed by atoms with van der Waals surface area (Å²) in [5.41, 5.74) is 2.05. The van der Waals surface area contributed by atoms with Gasteiger partial charge >= 0.3 is 0 Å². The zero-order valence-corrected chi connectivity index (χ0v) is 16.8. The van der Waals surface area contributed by atoms with Gasteiger partial charge in [-0.05, 0) is 30.3 Å². The van der Waals surface area contributed by atoms with Crippen LogP contribution in [0.5, 0.6) is 0 Å². The van der Waals surface area contributed by atoms with Gasteiger partial charge in [-0.1, -0.05) is 23.7 Å². The number of hydrogen-bond donors (Lipinski definition) is 0. The third kappa shape index (κ3) is 4.70. The van der Waals surface area contributed by atoms with Crippen LogP contribution in [0.2, 0.25) is 5.02 Å². The van der Waals surface area contributed by atoms with Crippen LogP contribution < -0.4 is 0 Å². The number of nitrogens with zero attached hydrogens (tertiary/aromatic N) is 3. The Morgan fingerprint density at radius 1 is 1.18 bits per heavy atom. The Kier molecular flexibility index (Phi) is 5.90. The first kappa shape index (κ1) is 18.9. The Balaban J connectivity index is 1.29. The number of halogens is 1. The van der Waals surface area contributed by atoms with Crippen LogP contribution in [0.4, 0.5) is 0 Å². The molecule has 3 heterocycles. The number of carbonyl (C=O) groups is 1. The van der Waals surface area contributed by atoms with Crippen LogP contribution in [0, 0.1) is 0 Å². The molecule has 1 fully saturated rings. The number of hydrogen-bond acceptors (Lipinski definition) is 5. The number of furan rings is 1. The number of piperazine rings is 1. The molecule has 1 saturated heterocycles. The highest BCUT2D eigenvalue weighted by atomic mass is 35.5. The Bertz CT molecular complexity index is 942. The maximum absolute atomic E-state index is 12.3. The molecule has 2 aromatic heterocycles. The highest BCUT2D eigenvalue weighted by molar-refractivity contribution is 7.09. The zero-order chi connectivity index (χ0) is 19.3. The molecule has 0 N–H and O–H groups in total. The average molecular weight is 414 g/mol. The van der Waals surface area contributed by atoms with Gasteiger partial charge in [0.15, 0.2) is 0 Å². The van der Waals surface area contributed by atoms with Crippen LogP contribution in [0.15, 0.2) is 58.5 Å². The van der Waals surface area contributed by atoms with E-state index in [0.29, 0.717) is 5.76 Å². The molecule has 1 amide bonds. The molecule has 28 heavy (non-hydrogen) atoms. The number of amides is 1. The van der Waals surface area contributed by atoms with Crippen molar-refractivity contribution in [3.63, 3.8) is 0 Å². The molecular formula is C21H20ClN3O2S. The van der Waals surface area contributed by atoms with Gasteiger partial charge in [0.25, 0.3) is 0 Å². The van der Waals surface area contributed by atoms with Crippen LogP contribution in [0.3, 0.4) is 0 Å². The maximum Gasteiger partial charge on any atom is 0.246 e. The average Bonchev–Trinajstić information content (AvgIpc) is 3.39. The van der Waals surface area contributed by atoms with Gasteiger partial charge in [0, 0.05) is 48.2 Å². The molecule has 0 bridgehead atoms. The van der Waals surface area contributed by atoms with Gasteiger partial charge in [-0.2, -0.15) is 0 Å². The van der Waals surface area contributed by atoms with Gasteiger partial charge in [-0.3, -0.25) is 9.69 Å². The molecule has 1 aliphatic rings. The summed E-state index contributed by atoms with van der Waals surface area (Å²) >= 11 is 7.62. The molecule has 3 aromatic rings. The van der Waals surface area contributed by atoms with Crippen molar-refractivity contribution in [2.75, 3.05) is 26.2 Å². The van der Waals surface area contributed by atoms with E-state index in [1.165, 1.54) is 0 Å². The third-order valence-corrected chi connectivity index (χ3v) is 5.75. The topological polar surface area (TPSA) is 49.6 Å². The maximum atomic E-state index is 12.3. The summed E-state index contributed by atoms with van der Waals surface area (Å²) in [5, 5.41) is 3.89. The van der Waals surface area contributed by atoms with Crippen molar-refractivity contribution < 1.29 is 9.21 Å². The van der Waals surface area contributed by atoms with Crippen LogP contribution >= 0.6 is 22.9 Å². The van der Waals surface area contributed by atoms with E-state index < -0.39 is 0 Å². The molecule has 0 unspecified atom stereocenters. The molecule has 0 radical (unpaired) electrons. The summed E-state index contributed by atoms with van der Waals surface area (Å²) in [4.78, 5) is 21.3. The van der Waals surface area contributed by atoms with Gasteiger partial charge in [0.1, 0.15) is 10.8 Å². The molecule has 0 atom stereocenters. The number of carbonyl (C=O) groups excluding carboxylic acids is 1. The second-order valence-corrected chi connectivity index (χ2v) is 7.96. The van der Waals surface area contributed by atoms with E-state index in [2.05, 4.69) is 10.3 Å². The van der Waals surface area contributed by atoms with Gasteiger partial charge in [-0.15, -0.1) is 11.3 Å². The van der Waals surface area contributed by atoms with E-state index in [1.807, 2.05) is 35.2 Å². The first-order valence-corrected chi connectivity index (χ1v) is 10.4. The van der Waals surface area contributed by atoms with Gasteiger partial charge in [0.05, 0.1) is 18.5 Å². The van der Waals surface area contributed by atoms with Crippen LogP contribution in [0.1, 0.15) is 10.8 Å². The Morgan fingerprint density at radius 3 is 2.68 bits per heavy atom. The minimum Gasteiger partial charge on any atom is -0.465 e. The predicted molar refractivity (Wildman–Crippen MR) is 112 cm³/mol. The quantitative estimate of drug-likeness (QED) is 0.581. The highest BCUT2D eigenvalue weighted by Crippen LogP contribution is 2.24. The summed E-state index contributed by atoms with van der Waals surface area (Å²) in [6, 6.07) is 11.4. The summed E-state index contributed by atoms with van der Waals surface area (Å²) in [7, 11) is 0. The van der Waals surface area contributed by atoms with E-state index in [9.17, 15) is 4.79 Å². The molecule has 0 spiro atoms. The number of aromatic nitrogens is 1. The monoisotopic (exact) mass is 413 g/mol. The first-order chi connectivity index (χ1) is 13.7. The van der Waals surface area contributed by atoms with E-state index >= 15 is 0 Å². The SMILES string of the molecule is O=C(/C=C/c1ccco1)N1CCN(Cc2nc(-c3ccc(Cl)cc3)cs2)CC1. The van der Waals surface area contributed by atoms with Gasteiger partial charge in [0.2, 0.25) is 5.91 Å². The lowest BCUT2D eigenvalue weighted by Crippen LogP contribution is -2.47. The smallest absolute Gasteiger partial charge is 0.246 e. The first-order valence-electron chi connectivity index (χ1n) is 9.10. The second-order valence-electron chi connectivity index (χ2n) is 6.58. The minimum atomic E-state index is 0.0234. The van der Waals surface area contributed by atoms with E-state index in [1.54, 1.807) is 35.8 Å². The van der Waals surface area contributed by atoms with Crippen molar-refractivity contribution in [1.82, 2.24) is 14.8 Å². The van der Waals surface area contributed by atoms with Crippen molar-refractivity contribution >= 4 is 34.9 Å². The fourth-order valence-electron chi connectivity index (χ4n) is 3.10. The Labute approximate surface area is 172 Å². The number of thiazole rings is 1. The summed E-state index contributed by atoms with van der Waals surface area (Å²) in [6.07, 6.45) is 4.89. The van der Waals surface area contributed by atoms with Crippen molar-refractivity contribution in [3.05, 3.63) is 69.9 Å². The van der Waals surface area contributed by atoms with Crippen LogP contribution in [-0.2, 0) is 11.3 Å². The molecule has 5 nitrogen and oxygen atoms in total. The molecule has 4 rings (SSSR count).